The number of carboxylic acids is 1. The third-order valence-corrected chi connectivity index (χ3v) is 5.55. The molecule has 2 rings (SSSR count). The molecule has 0 fully saturated rings. The van der Waals surface area contributed by atoms with Gasteiger partial charge in [0, 0.05) is 12.2 Å². The number of hydrogen-bond donors (Lipinski definition) is 7. The van der Waals surface area contributed by atoms with Crippen molar-refractivity contribution < 1.29 is 29.4 Å². The van der Waals surface area contributed by atoms with Crippen molar-refractivity contribution in [2.75, 3.05) is 5.75 Å². The van der Waals surface area contributed by atoms with E-state index in [2.05, 4.69) is 28.6 Å². The topological polar surface area (TPSA) is 171 Å². The maximum atomic E-state index is 13.1. The normalized spacial score (nSPS) is 14.1. The molecule has 0 bridgehead atoms. The number of hydrogen-bond acceptors (Lipinski definition) is 7. The number of aliphatic carboxylic acids is 1. The fraction of sp³-hybridized carbons (Fsp3) is 0.333. The molecular formula is C24H30N4O6S. The molecule has 10 nitrogen and oxygen atoms in total. The van der Waals surface area contributed by atoms with E-state index >= 15 is 0 Å². The van der Waals surface area contributed by atoms with Gasteiger partial charge in [0.25, 0.3) is 0 Å². The third kappa shape index (κ3) is 8.95. The molecule has 0 heterocycles. The Morgan fingerprint density at radius 1 is 0.829 bits per heavy atom. The lowest BCUT2D eigenvalue weighted by Crippen LogP contribution is -2.58. The molecule has 0 aromatic heterocycles. The minimum absolute atomic E-state index is 0.0870. The van der Waals surface area contributed by atoms with Gasteiger partial charge in [0.2, 0.25) is 17.7 Å². The largest absolute Gasteiger partial charge is 0.508 e. The van der Waals surface area contributed by atoms with E-state index in [0.717, 1.165) is 11.1 Å². The summed E-state index contributed by atoms with van der Waals surface area (Å²) in [6, 6.07) is 11.0. The Balaban J connectivity index is 2.12. The van der Waals surface area contributed by atoms with E-state index in [1.165, 1.54) is 19.1 Å². The molecule has 4 atom stereocenters. The van der Waals surface area contributed by atoms with E-state index < -0.39 is 47.9 Å². The van der Waals surface area contributed by atoms with Gasteiger partial charge in [-0.05, 0) is 36.6 Å². The second kappa shape index (κ2) is 13.4. The van der Waals surface area contributed by atoms with E-state index in [1.54, 1.807) is 36.4 Å². The molecule has 3 amide bonds. The van der Waals surface area contributed by atoms with Crippen LogP contribution < -0.4 is 21.7 Å². The van der Waals surface area contributed by atoms with Crippen molar-refractivity contribution >= 4 is 36.3 Å². The van der Waals surface area contributed by atoms with Crippen LogP contribution in [0.2, 0.25) is 0 Å². The first-order valence-electron chi connectivity index (χ1n) is 10.9. The van der Waals surface area contributed by atoms with Gasteiger partial charge >= 0.3 is 5.97 Å². The van der Waals surface area contributed by atoms with Crippen LogP contribution in [0.3, 0.4) is 0 Å². The quantitative estimate of drug-likeness (QED) is 0.200. The van der Waals surface area contributed by atoms with Crippen LogP contribution in [0.4, 0.5) is 0 Å². The summed E-state index contributed by atoms with van der Waals surface area (Å²) in [5, 5.41) is 25.9. The summed E-state index contributed by atoms with van der Waals surface area (Å²) < 4.78 is 0. The fourth-order valence-electron chi connectivity index (χ4n) is 3.16. The van der Waals surface area contributed by atoms with Gasteiger partial charge in [0.1, 0.15) is 23.9 Å². The number of nitrogens with two attached hydrogens (primary N) is 1. The fourth-order valence-corrected chi connectivity index (χ4v) is 3.42. The number of rotatable bonds is 12. The summed E-state index contributed by atoms with van der Waals surface area (Å²) in [6.45, 7) is 1.30. The van der Waals surface area contributed by atoms with Crippen LogP contribution in [0.1, 0.15) is 18.1 Å². The summed E-state index contributed by atoms with van der Waals surface area (Å²) in [5.41, 5.74) is 7.55. The van der Waals surface area contributed by atoms with Gasteiger partial charge < -0.3 is 31.9 Å². The van der Waals surface area contributed by atoms with E-state index in [1.807, 2.05) is 6.07 Å². The number of nitrogens with one attached hydrogen (secondary N) is 3. The van der Waals surface area contributed by atoms with Crippen LogP contribution in [0, 0.1) is 0 Å². The number of carbonyl (C=O) groups is 4. The van der Waals surface area contributed by atoms with Gasteiger partial charge in [-0.3, -0.25) is 19.2 Å². The lowest BCUT2D eigenvalue weighted by molar-refractivity contribution is -0.141. The summed E-state index contributed by atoms with van der Waals surface area (Å²) in [5.74, 6) is -3.14. The summed E-state index contributed by atoms with van der Waals surface area (Å²) in [6.07, 6.45) is 0.317. The molecule has 11 heteroatoms. The Labute approximate surface area is 208 Å². The van der Waals surface area contributed by atoms with Crippen LogP contribution >= 0.6 is 12.6 Å². The molecule has 2 aromatic carbocycles. The van der Waals surface area contributed by atoms with Crippen molar-refractivity contribution in [3.8, 4) is 5.75 Å². The van der Waals surface area contributed by atoms with Crippen LogP contribution in [-0.4, -0.2) is 63.8 Å². The van der Waals surface area contributed by atoms with Gasteiger partial charge in [-0.1, -0.05) is 42.5 Å². The number of benzene rings is 2. The molecule has 0 spiro atoms. The monoisotopic (exact) mass is 502 g/mol. The summed E-state index contributed by atoms with van der Waals surface area (Å²) >= 11 is 4.09. The molecule has 0 radical (unpaired) electrons. The molecule has 0 saturated heterocycles. The number of carbonyl (C=O) groups excluding carboxylic acids is 3. The van der Waals surface area contributed by atoms with Crippen molar-refractivity contribution in [3.05, 3.63) is 65.7 Å². The number of carboxylic acid groups (broad SMARTS) is 1. The standard InChI is InChI=1S/C24H30N4O6S/c1-14(24(33)34)26-23(32)20(13-35)28-22(31)19(12-15-5-3-2-4-6-15)27-21(30)18(25)11-16-7-9-17(29)10-8-16/h2-10,14,18-20,29,35H,11-13,25H2,1H3,(H,26,32)(H,27,30)(H,28,31)(H,33,34). The smallest absolute Gasteiger partial charge is 0.325 e. The van der Waals surface area contributed by atoms with Gasteiger partial charge in [0.05, 0.1) is 6.04 Å². The zero-order chi connectivity index (χ0) is 26.0. The second-order valence-corrected chi connectivity index (χ2v) is 8.41. The molecule has 4 unspecified atom stereocenters. The number of amides is 3. The molecule has 0 aliphatic heterocycles. The van der Waals surface area contributed by atoms with Crippen LogP contribution in [0.15, 0.2) is 54.6 Å². The summed E-state index contributed by atoms with van der Waals surface area (Å²) in [7, 11) is 0. The molecule has 0 aliphatic rings. The molecule has 2 aromatic rings. The zero-order valence-electron chi connectivity index (χ0n) is 19.2. The van der Waals surface area contributed by atoms with E-state index in [4.69, 9.17) is 10.8 Å². The average Bonchev–Trinajstić information content (AvgIpc) is 2.83. The first-order chi connectivity index (χ1) is 16.6. The van der Waals surface area contributed by atoms with Crippen molar-refractivity contribution in [1.29, 1.82) is 0 Å². The maximum absolute atomic E-state index is 13.1. The maximum Gasteiger partial charge on any atom is 0.325 e. The highest BCUT2D eigenvalue weighted by Crippen LogP contribution is 2.11. The number of thiol groups is 1. The Morgan fingerprint density at radius 2 is 1.37 bits per heavy atom. The minimum Gasteiger partial charge on any atom is -0.508 e. The Hall–Kier alpha value is -3.57. The van der Waals surface area contributed by atoms with Gasteiger partial charge in [0.15, 0.2) is 0 Å². The average molecular weight is 503 g/mol. The molecule has 7 N–H and O–H groups in total. The third-order valence-electron chi connectivity index (χ3n) is 5.19. The van der Waals surface area contributed by atoms with Crippen molar-refractivity contribution in [2.45, 2.75) is 43.9 Å². The molecule has 0 aliphatic carbocycles. The van der Waals surface area contributed by atoms with Crippen molar-refractivity contribution in [1.82, 2.24) is 16.0 Å². The van der Waals surface area contributed by atoms with Gasteiger partial charge in [-0.25, -0.2) is 0 Å². The van der Waals surface area contributed by atoms with Crippen LogP contribution in [0.25, 0.3) is 0 Å². The second-order valence-electron chi connectivity index (χ2n) is 8.04. The number of phenols is 1. The minimum atomic E-state index is -1.22. The number of phenolic OH excluding ortho intramolecular Hbond substituents is 1. The Morgan fingerprint density at radius 3 is 1.94 bits per heavy atom. The molecule has 35 heavy (non-hydrogen) atoms. The highest BCUT2D eigenvalue weighted by molar-refractivity contribution is 7.80. The number of aromatic hydroxyl groups is 1. The van der Waals surface area contributed by atoms with E-state index in [-0.39, 0.29) is 24.3 Å². The highest BCUT2D eigenvalue weighted by atomic mass is 32.1. The molecule has 0 saturated carbocycles. The lowest BCUT2D eigenvalue weighted by Gasteiger charge is -2.24. The lowest BCUT2D eigenvalue weighted by atomic mass is 10.0. The first kappa shape index (κ1) is 27.7. The highest BCUT2D eigenvalue weighted by Gasteiger charge is 2.29. The summed E-state index contributed by atoms with van der Waals surface area (Å²) in [4.78, 5) is 49.3. The van der Waals surface area contributed by atoms with Crippen LogP contribution in [-0.2, 0) is 32.0 Å². The van der Waals surface area contributed by atoms with Crippen molar-refractivity contribution in [2.24, 2.45) is 5.73 Å². The Kier molecular flexibility index (Phi) is 10.6. The first-order valence-corrected chi connectivity index (χ1v) is 11.6. The van der Waals surface area contributed by atoms with E-state index in [9.17, 15) is 24.3 Å². The molecule has 188 valence electrons. The van der Waals surface area contributed by atoms with Crippen LogP contribution in [0.5, 0.6) is 5.75 Å². The predicted molar refractivity (Wildman–Crippen MR) is 133 cm³/mol. The van der Waals surface area contributed by atoms with E-state index in [0.29, 0.717) is 0 Å². The zero-order valence-corrected chi connectivity index (χ0v) is 20.1. The predicted octanol–water partition coefficient (Wildman–Crippen LogP) is -0.00660. The molecular weight excluding hydrogens is 472 g/mol. The SMILES string of the molecule is CC(NC(=O)C(CS)NC(=O)C(Cc1ccccc1)NC(=O)C(N)Cc1ccc(O)cc1)C(=O)O. The van der Waals surface area contributed by atoms with Gasteiger partial charge in [-0.2, -0.15) is 12.6 Å². The Bertz CT molecular complexity index is 1020. The van der Waals surface area contributed by atoms with Gasteiger partial charge in [-0.15, -0.1) is 0 Å². The van der Waals surface area contributed by atoms with Crippen molar-refractivity contribution in [3.63, 3.8) is 0 Å².